The Bertz CT molecular complexity index is 1050. The number of hydrogen-bond acceptors (Lipinski definition) is 6. The number of aromatic nitrogens is 1. The molecule has 0 radical (unpaired) electrons. The maximum absolute atomic E-state index is 14.6. The minimum atomic E-state index is -1.08. The third kappa shape index (κ3) is 3.10. The first-order chi connectivity index (χ1) is 13.3. The molecule has 9 heteroatoms. The Morgan fingerprint density at radius 3 is 2.89 bits per heavy atom. The van der Waals surface area contributed by atoms with Gasteiger partial charge in [-0.15, -0.1) is 0 Å². The fourth-order valence-corrected chi connectivity index (χ4v) is 4.75. The monoisotopic (exact) mass is 399 g/mol. The third-order valence-corrected chi connectivity index (χ3v) is 6.18. The number of fused-ring (bicyclic) bond motifs is 1. The van der Waals surface area contributed by atoms with Crippen molar-refractivity contribution in [3.05, 3.63) is 58.9 Å². The zero-order valence-electron chi connectivity index (χ0n) is 14.7. The maximum Gasteiger partial charge on any atom is 0.274 e. The second kappa shape index (κ2) is 6.56. The molecule has 6 nitrogen and oxygen atoms in total. The van der Waals surface area contributed by atoms with Crippen LogP contribution < -0.4 is 11.1 Å². The van der Waals surface area contributed by atoms with Crippen LogP contribution in [0.2, 0.25) is 0 Å². The van der Waals surface area contributed by atoms with Gasteiger partial charge in [0.15, 0.2) is 16.8 Å². The van der Waals surface area contributed by atoms with Crippen molar-refractivity contribution < 1.29 is 13.6 Å². The average molecular weight is 399 g/mol. The number of amides is 1. The SMILES string of the molecule is C[C@]1(c2cc(NC(=O)c3ccc(C#N)cn3)cc(F)c2F)N=C(N)S[C@H]2C[C@H]21. The third-order valence-electron chi connectivity index (χ3n) is 5.03. The van der Waals surface area contributed by atoms with Crippen molar-refractivity contribution >= 4 is 28.5 Å². The molecular formula is C19H15F2N5OS. The summed E-state index contributed by atoms with van der Waals surface area (Å²) in [6, 6.07) is 7.04. The van der Waals surface area contributed by atoms with Gasteiger partial charge in [-0.25, -0.2) is 13.8 Å². The van der Waals surface area contributed by atoms with E-state index in [0.717, 1.165) is 12.5 Å². The molecule has 1 aliphatic carbocycles. The number of nitrogens with one attached hydrogen (secondary N) is 1. The maximum atomic E-state index is 14.6. The number of thioether (sulfide) groups is 1. The van der Waals surface area contributed by atoms with Crippen LogP contribution in [0.1, 0.15) is 35.0 Å². The van der Waals surface area contributed by atoms with E-state index >= 15 is 0 Å². The highest BCUT2D eigenvalue weighted by atomic mass is 32.2. The topological polar surface area (TPSA) is 104 Å². The molecule has 1 saturated carbocycles. The Kier molecular flexibility index (Phi) is 4.31. The Balaban J connectivity index is 1.67. The van der Waals surface area contributed by atoms with E-state index in [1.807, 2.05) is 6.07 Å². The van der Waals surface area contributed by atoms with Crippen LogP contribution in [0.15, 0.2) is 35.5 Å². The van der Waals surface area contributed by atoms with Crippen molar-refractivity contribution in [1.82, 2.24) is 4.98 Å². The summed E-state index contributed by atoms with van der Waals surface area (Å²) in [7, 11) is 0. The molecule has 28 heavy (non-hydrogen) atoms. The van der Waals surface area contributed by atoms with Gasteiger partial charge in [0.1, 0.15) is 11.8 Å². The predicted octanol–water partition coefficient (Wildman–Crippen LogP) is 3.15. The number of benzene rings is 1. The van der Waals surface area contributed by atoms with Gasteiger partial charge < -0.3 is 11.1 Å². The van der Waals surface area contributed by atoms with Gasteiger partial charge in [-0.1, -0.05) is 11.8 Å². The number of carbonyl (C=O) groups excluding carboxylic acids is 1. The largest absolute Gasteiger partial charge is 0.379 e. The first kappa shape index (κ1) is 18.4. The first-order valence-corrected chi connectivity index (χ1v) is 9.39. The predicted molar refractivity (Wildman–Crippen MR) is 102 cm³/mol. The lowest BCUT2D eigenvalue weighted by atomic mass is 9.86. The Labute approximate surface area is 163 Å². The van der Waals surface area contributed by atoms with E-state index in [1.165, 1.54) is 36.2 Å². The molecule has 3 N–H and O–H groups in total. The molecule has 3 atom stereocenters. The van der Waals surface area contributed by atoms with E-state index < -0.39 is 23.1 Å². The average Bonchev–Trinajstić information content (AvgIpc) is 3.44. The van der Waals surface area contributed by atoms with Crippen LogP contribution in [-0.4, -0.2) is 21.3 Å². The van der Waals surface area contributed by atoms with E-state index in [0.29, 0.717) is 10.7 Å². The first-order valence-electron chi connectivity index (χ1n) is 8.51. The molecule has 2 aliphatic rings. The van der Waals surface area contributed by atoms with E-state index in [1.54, 1.807) is 6.92 Å². The van der Waals surface area contributed by atoms with Gasteiger partial charge in [0.2, 0.25) is 0 Å². The van der Waals surface area contributed by atoms with Crippen LogP contribution in [0.3, 0.4) is 0 Å². The molecule has 0 saturated heterocycles. The van der Waals surface area contributed by atoms with Gasteiger partial charge >= 0.3 is 0 Å². The normalized spacial score (nSPS) is 25.3. The lowest BCUT2D eigenvalue weighted by Gasteiger charge is -2.30. The summed E-state index contributed by atoms with van der Waals surface area (Å²) >= 11 is 1.45. The molecule has 0 bridgehead atoms. The second-order valence-corrected chi connectivity index (χ2v) is 8.17. The zero-order chi connectivity index (χ0) is 20.1. The molecule has 1 amide bonds. The number of halogens is 2. The number of nitriles is 1. The molecular weight excluding hydrogens is 384 g/mol. The molecule has 1 fully saturated rings. The molecule has 4 rings (SSSR count). The van der Waals surface area contributed by atoms with E-state index in [-0.39, 0.29) is 28.1 Å². The minimum Gasteiger partial charge on any atom is -0.379 e. The Hall–Kier alpha value is -2.99. The Morgan fingerprint density at radius 1 is 1.43 bits per heavy atom. The molecule has 2 aromatic rings. The molecule has 0 spiro atoms. The highest BCUT2D eigenvalue weighted by Gasteiger charge is 2.56. The summed E-state index contributed by atoms with van der Waals surface area (Å²) in [6.07, 6.45) is 2.08. The number of hydrogen-bond donors (Lipinski definition) is 2. The molecule has 1 aromatic carbocycles. The van der Waals surface area contributed by atoms with Gasteiger partial charge in [-0.3, -0.25) is 9.79 Å². The number of nitrogens with zero attached hydrogens (tertiary/aromatic N) is 3. The summed E-state index contributed by atoms with van der Waals surface area (Å²) in [5.74, 6) is -2.61. The summed E-state index contributed by atoms with van der Waals surface area (Å²) in [4.78, 5) is 20.7. The fraction of sp³-hybridized carbons (Fsp3) is 0.263. The number of rotatable bonds is 3. The van der Waals surface area contributed by atoms with Crippen molar-refractivity contribution in [3.8, 4) is 6.07 Å². The van der Waals surface area contributed by atoms with Crippen molar-refractivity contribution in [2.24, 2.45) is 16.6 Å². The van der Waals surface area contributed by atoms with Crippen molar-refractivity contribution in [1.29, 1.82) is 5.26 Å². The summed E-state index contributed by atoms with van der Waals surface area (Å²) in [6.45, 7) is 1.73. The van der Waals surface area contributed by atoms with E-state index in [9.17, 15) is 13.6 Å². The lowest BCUT2D eigenvalue weighted by Crippen LogP contribution is -2.32. The van der Waals surface area contributed by atoms with Crippen LogP contribution in [0.4, 0.5) is 14.5 Å². The second-order valence-electron chi connectivity index (χ2n) is 6.91. The van der Waals surface area contributed by atoms with Gasteiger partial charge in [0, 0.05) is 34.7 Å². The molecule has 142 valence electrons. The van der Waals surface area contributed by atoms with Gasteiger partial charge in [0.05, 0.1) is 11.1 Å². The number of pyridine rings is 1. The van der Waals surface area contributed by atoms with Crippen LogP contribution in [0.25, 0.3) is 0 Å². The molecule has 0 unspecified atom stereocenters. The minimum absolute atomic E-state index is 0.0510. The van der Waals surface area contributed by atoms with Crippen molar-refractivity contribution in [2.75, 3.05) is 5.32 Å². The van der Waals surface area contributed by atoms with E-state index in [2.05, 4.69) is 15.3 Å². The summed E-state index contributed by atoms with van der Waals surface area (Å²) in [5, 5.41) is 11.9. The highest BCUT2D eigenvalue weighted by Crippen LogP contribution is 2.57. The number of carbonyl (C=O) groups is 1. The Morgan fingerprint density at radius 2 is 2.21 bits per heavy atom. The molecule has 1 aromatic heterocycles. The van der Waals surface area contributed by atoms with E-state index in [4.69, 9.17) is 11.0 Å². The summed E-state index contributed by atoms with van der Waals surface area (Å²) < 4.78 is 28.9. The number of aliphatic imine (C=N–C) groups is 1. The van der Waals surface area contributed by atoms with Crippen LogP contribution in [0.5, 0.6) is 0 Å². The van der Waals surface area contributed by atoms with Gasteiger partial charge in [-0.2, -0.15) is 5.26 Å². The number of anilines is 1. The van der Waals surface area contributed by atoms with Gasteiger partial charge in [-0.05, 0) is 31.5 Å². The smallest absolute Gasteiger partial charge is 0.274 e. The number of nitrogens with two attached hydrogens (primary N) is 1. The van der Waals surface area contributed by atoms with Crippen molar-refractivity contribution in [2.45, 2.75) is 24.1 Å². The van der Waals surface area contributed by atoms with Crippen LogP contribution >= 0.6 is 11.8 Å². The standard InChI is InChI=1S/C19H15F2N5OS/c1-19(11-6-15(11)28-18(23)26-19)12-4-10(5-13(20)16(12)21)25-17(27)14-3-2-9(7-22)8-24-14/h2-5,8,11,15H,6H2,1H3,(H2,23,26)(H,25,27)/t11-,15+,19+/m1/s1. The van der Waals surface area contributed by atoms with Crippen LogP contribution in [-0.2, 0) is 5.54 Å². The zero-order valence-corrected chi connectivity index (χ0v) is 15.6. The fourth-order valence-electron chi connectivity index (χ4n) is 3.47. The van der Waals surface area contributed by atoms with Crippen LogP contribution in [0, 0.1) is 28.9 Å². The lowest BCUT2D eigenvalue weighted by molar-refractivity contribution is 0.102. The van der Waals surface area contributed by atoms with Gasteiger partial charge in [0.25, 0.3) is 5.91 Å². The molecule has 2 heterocycles. The highest BCUT2D eigenvalue weighted by molar-refractivity contribution is 8.14. The quantitative estimate of drug-likeness (QED) is 0.825. The molecule has 1 aliphatic heterocycles. The number of amidine groups is 1. The van der Waals surface area contributed by atoms with Crippen molar-refractivity contribution in [3.63, 3.8) is 0 Å². The summed E-state index contributed by atoms with van der Waals surface area (Å²) in [5.41, 5.74) is 5.39.